The third-order valence-electron chi connectivity index (χ3n) is 2.24. The number of nitrogens with one attached hydrogen (secondary N) is 1. The molecule has 0 aliphatic rings. The molecule has 1 aromatic rings. The molecular weight excluding hydrogens is 284 g/mol. The zero-order valence-corrected chi connectivity index (χ0v) is 11.9. The number of oxime groups is 1. The van der Waals surface area contributed by atoms with Crippen LogP contribution in [0, 0.1) is 0 Å². The molecular formula is C13H15ClN2O4. The number of benzene rings is 1. The lowest BCUT2D eigenvalue weighted by molar-refractivity contribution is 0.0600. The molecule has 0 atom stereocenters. The minimum atomic E-state index is -0.759. The van der Waals surface area contributed by atoms with Crippen molar-refractivity contribution in [2.24, 2.45) is 5.16 Å². The molecule has 1 rings (SSSR count). The standard InChI is InChI=1S/C13H15ClN2O4/c1-3-4-11(14)16-20-13(18)15-10-7-5-9(6-8-10)12(17)19-2/h5-8H,3-4H2,1-2H3,(H,15,18)/b16-11-. The third-order valence-corrected chi connectivity index (χ3v) is 2.49. The van der Waals surface area contributed by atoms with Gasteiger partial charge in [0.05, 0.1) is 12.7 Å². The molecule has 0 aliphatic carbocycles. The normalized spacial score (nSPS) is 10.8. The van der Waals surface area contributed by atoms with Gasteiger partial charge in [0.2, 0.25) is 0 Å². The van der Waals surface area contributed by atoms with Gasteiger partial charge >= 0.3 is 12.1 Å². The minimum Gasteiger partial charge on any atom is -0.465 e. The number of esters is 1. The Morgan fingerprint density at radius 2 is 1.95 bits per heavy atom. The molecule has 0 radical (unpaired) electrons. The summed E-state index contributed by atoms with van der Waals surface area (Å²) in [5.74, 6) is -0.449. The van der Waals surface area contributed by atoms with Crippen molar-refractivity contribution in [2.45, 2.75) is 19.8 Å². The fourth-order valence-electron chi connectivity index (χ4n) is 1.29. The second-order valence-corrected chi connectivity index (χ2v) is 4.23. The summed E-state index contributed by atoms with van der Waals surface area (Å²) in [6, 6.07) is 6.14. The Morgan fingerprint density at radius 1 is 1.30 bits per heavy atom. The Morgan fingerprint density at radius 3 is 2.50 bits per heavy atom. The van der Waals surface area contributed by atoms with E-state index >= 15 is 0 Å². The molecule has 0 aliphatic heterocycles. The van der Waals surface area contributed by atoms with Crippen molar-refractivity contribution in [3.8, 4) is 0 Å². The number of nitrogens with zero attached hydrogens (tertiary/aromatic N) is 1. The van der Waals surface area contributed by atoms with Crippen LogP contribution in [0.15, 0.2) is 29.4 Å². The van der Waals surface area contributed by atoms with Crippen LogP contribution in [0.5, 0.6) is 0 Å². The molecule has 0 saturated heterocycles. The van der Waals surface area contributed by atoms with Gasteiger partial charge in [0, 0.05) is 12.1 Å². The Bertz CT molecular complexity index is 500. The number of carbonyl (C=O) groups is 2. The second-order valence-electron chi connectivity index (χ2n) is 3.79. The van der Waals surface area contributed by atoms with E-state index in [4.69, 9.17) is 11.6 Å². The van der Waals surface area contributed by atoms with Gasteiger partial charge in [-0.2, -0.15) is 0 Å². The second kappa shape index (κ2) is 8.16. The van der Waals surface area contributed by atoms with Gasteiger partial charge < -0.3 is 4.74 Å². The van der Waals surface area contributed by atoms with Gasteiger partial charge in [0.1, 0.15) is 5.17 Å². The zero-order chi connectivity index (χ0) is 15.0. The summed E-state index contributed by atoms with van der Waals surface area (Å²) in [5.41, 5.74) is 0.847. The maximum atomic E-state index is 11.4. The Hall–Kier alpha value is -2.08. The Balaban J connectivity index is 2.54. The van der Waals surface area contributed by atoms with Crippen LogP contribution < -0.4 is 5.32 Å². The number of halogens is 1. The molecule has 1 amide bonds. The van der Waals surface area contributed by atoms with E-state index in [1.54, 1.807) is 12.1 Å². The van der Waals surface area contributed by atoms with E-state index < -0.39 is 12.1 Å². The van der Waals surface area contributed by atoms with Crippen molar-refractivity contribution in [1.29, 1.82) is 0 Å². The highest BCUT2D eigenvalue weighted by Crippen LogP contribution is 2.11. The van der Waals surface area contributed by atoms with Gasteiger partial charge in [-0.3, -0.25) is 10.2 Å². The molecule has 0 aromatic heterocycles. The van der Waals surface area contributed by atoms with Crippen molar-refractivity contribution >= 4 is 34.5 Å². The molecule has 1 N–H and O–H groups in total. The van der Waals surface area contributed by atoms with E-state index in [1.165, 1.54) is 19.2 Å². The molecule has 0 fully saturated rings. The summed E-state index contributed by atoms with van der Waals surface area (Å²) in [6.45, 7) is 1.93. The topological polar surface area (TPSA) is 77.0 Å². The molecule has 7 heteroatoms. The van der Waals surface area contributed by atoms with Crippen molar-refractivity contribution in [1.82, 2.24) is 0 Å². The third kappa shape index (κ3) is 5.27. The number of ether oxygens (including phenoxy) is 1. The molecule has 0 unspecified atom stereocenters. The zero-order valence-electron chi connectivity index (χ0n) is 11.2. The highest BCUT2D eigenvalue weighted by molar-refractivity contribution is 6.65. The van der Waals surface area contributed by atoms with Gasteiger partial charge in [0.25, 0.3) is 0 Å². The van der Waals surface area contributed by atoms with Gasteiger partial charge in [-0.1, -0.05) is 23.7 Å². The monoisotopic (exact) mass is 298 g/mol. The van der Waals surface area contributed by atoms with Crippen LogP contribution in [-0.4, -0.2) is 24.3 Å². The van der Waals surface area contributed by atoms with Crippen molar-refractivity contribution in [3.63, 3.8) is 0 Å². The van der Waals surface area contributed by atoms with Crippen LogP contribution in [-0.2, 0) is 9.57 Å². The smallest absolute Gasteiger partial charge is 0.437 e. The van der Waals surface area contributed by atoms with Crippen molar-refractivity contribution in [3.05, 3.63) is 29.8 Å². The maximum absolute atomic E-state index is 11.4. The fraction of sp³-hybridized carbons (Fsp3) is 0.308. The summed E-state index contributed by atoms with van der Waals surface area (Å²) in [6.07, 6.45) is 0.593. The highest BCUT2D eigenvalue weighted by atomic mass is 35.5. The van der Waals surface area contributed by atoms with Crippen LogP contribution in [0.4, 0.5) is 10.5 Å². The average molecular weight is 299 g/mol. The first-order valence-electron chi connectivity index (χ1n) is 5.95. The lowest BCUT2D eigenvalue weighted by Gasteiger charge is -2.04. The largest absolute Gasteiger partial charge is 0.465 e. The molecule has 0 heterocycles. The van der Waals surface area contributed by atoms with Crippen LogP contribution in [0.25, 0.3) is 0 Å². The maximum Gasteiger partial charge on any atom is 0.437 e. The van der Waals surface area contributed by atoms with Crippen molar-refractivity contribution in [2.75, 3.05) is 12.4 Å². The Kier molecular flexibility index (Phi) is 6.52. The molecule has 20 heavy (non-hydrogen) atoms. The minimum absolute atomic E-state index is 0.226. The van der Waals surface area contributed by atoms with Gasteiger partial charge in [-0.05, 0) is 30.7 Å². The SMILES string of the molecule is CCC/C(Cl)=N/OC(=O)Nc1ccc(C(=O)OC)cc1. The van der Waals surface area contributed by atoms with E-state index in [9.17, 15) is 9.59 Å². The first-order valence-corrected chi connectivity index (χ1v) is 6.33. The molecule has 108 valence electrons. The number of anilines is 1. The first-order chi connectivity index (χ1) is 9.56. The average Bonchev–Trinajstić information content (AvgIpc) is 2.45. The van der Waals surface area contributed by atoms with Gasteiger partial charge in [-0.15, -0.1) is 0 Å². The van der Waals surface area contributed by atoms with Crippen LogP contribution in [0.1, 0.15) is 30.1 Å². The molecule has 1 aromatic carbocycles. The number of hydrogen-bond donors (Lipinski definition) is 1. The number of hydrogen-bond acceptors (Lipinski definition) is 5. The van der Waals surface area contributed by atoms with E-state index in [0.717, 1.165) is 6.42 Å². The number of rotatable bonds is 5. The summed E-state index contributed by atoms with van der Waals surface area (Å²) < 4.78 is 4.56. The van der Waals surface area contributed by atoms with Gasteiger partial charge in [-0.25, -0.2) is 9.59 Å². The van der Waals surface area contributed by atoms with Crippen LogP contribution >= 0.6 is 11.6 Å². The lowest BCUT2D eigenvalue weighted by Crippen LogP contribution is -2.11. The number of methoxy groups -OCH3 is 1. The van der Waals surface area contributed by atoms with Gasteiger partial charge in [0.15, 0.2) is 0 Å². The number of amides is 1. The summed E-state index contributed by atoms with van der Waals surface area (Å²) >= 11 is 5.69. The highest BCUT2D eigenvalue weighted by Gasteiger charge is 2.07. The molecule has 0 spiro atoms. The van der Waals surface area contributed by atoms with E-state index in [-0.39, 0.29) is 5.17 Å². The lowest BCUT2D eigenvalue weighted by atomic mass is 10.2. The summed E-state index contributed by atoms with van der Waals surface area (Å²) in [4.78, 5) is 27.2. The fourth-order valence-corrected chi connectivity index (χ4v) is 1.51. The summed E-state index contributed by atoms with van der Waals surface area (Å²) in [7, 11) is 1.30. The van der Waals surface area contributed by atoms with Crippen LogP contribution in [0.2, 0.25) is 0 Å². The number of carbonyl (C=O) groups excluding carboxylic acids is 2. The van der Waals surface area contributed by atoms with E-state index in [1.807, 2.05) is 6.92 Å². The molecule has 6 nitrogen and oxygen atoms in total. The molecule has 0 saturated carbocycles. The first kappa shape index (κ1) is 16.0. The Labute approximate surface area is 121 Å². The predicted molar refractivity (Wildman–Crippen MR) is 76.1 cm³/mol. The quantitative estimate of drug-likeness (QED) is 0.391. The van der Waals surface area contributed by atoms with E-state index in [2.05, 4.69) is 20.0 Å². The predicted octanol–water partition coefficient (Wildman–Crippen LogP) is 3.37. The van der Waals surface area contributed by atoms with Crippen LogP contribution in [0.3, 0.4) is 0 Å². The van der Waals surface area contributed by atoms with E-state index in [0.29, 0.717) is 17.7 Å². The molecule has 0 bridgehead atoms. The van der Waals surface area contributed by atoms with Crippen molar-refractivity contribution < 1.29 is 19.2 Å². The summed E-state index contributed by atoms with van der Waals surface area (Å²) in [5, 5.41) is 6.14.